The lowest BCUT2D eigenvalue weighted by Gasteiger charge is -2.15. The number of hydrogen-bond donors (Lipinski definition) is 1. The fraction of sp³-hybridized carbons (Fsp3) is 0.700. The monoisotopic (exact) mass is 276 g/mol. The Morgan fingerprint density at radius 3 is 2.71 bits per heavy atom. The molecule has 96 valence electrons. The number of nitrogens with one attached hydrogen (secondary N) is 1. The maximum Gasteiger partial charge on any atom is 0.305 e. The standard InChI is InChI=1S/C10H16N2O3S2/c1-3-8-4-5-12(6-8)17(14,15)9-7(2)11-10(13)16-9/h8H,3-6H2,1-2H3,(H,11,13). The minimum Gasteiger partial charge on any atom is -0.315 e. The van der Waals surface area contributed by atoms with E-state index < -0.39 is 10.0 Å². The number of sulfonamides is 1. The molecule has 0 aromatic carbocycles. The average Bonchev–Trinajstić information content (AvgIpc) is 2.85. The Kier molecular flexibility index (Phi) is 3.42. The van der Waals surface area contributed by atoms with Crippen LogP contribution < -0.4 is 4.87 Å². The van der Waals surface area contributed by atoms with E-state index in [1.54, 1.807) is 6.92 Å². The van der Waals surface area contributed by atoms with Crippen molar-refractivity contribution in [1.29, 1.82) is 0 Å². The van der Waals surface area contributed by atoms with E-state index in [4.69, 9.17) is 0 Å². The molecular weight excluding hydrogens is 260 g/mol. The molecule has 0 amide bonds. The number of aromatic amines is 1. The van der Waals surface area contributed by atoms with Crippen molar-refractivity contribution in [3.63, 3.8) is 0 Å². The molecule has 5 nitrogen and oxygen atoms in total. The molecule has 1 saturated heterocycles. The number of H-pyrrole nitrogens is 1. The number of nitrogens with zero attached hydrogens (tertiary/aromatic N) is 1. The van der Waals surface area contributed by atoms with Crippen LogP contribution in [-0.4, -0.2) is 30.8 Å². The highest BCUT2D eigenvalue weighted by Crippen LogP contribution is 2.28. The first-order chi connectivity index (χ1) is 7.95. The van der Waals surface area contributed by atoms with E-state index in [0.29, 0.717) is 24.7 Å². The van der Waals surface area contributed by atoms with Crippen molar-refractivity contribution in [3.8, 4) is 0 Å². The molecule has 1 atom stereocenters. The van der Waals surface area contributed by atoms with Crippen LogP contribution in [0.1, 0.15) is 25.5 Å². The van der Waals surface area contributed by atoms with Crippen molar-refractivity contribution in [2.24, 2.45) is 5.92 Å². The molecule has 0 bridgehead atoms. The molecule has 1 aliphatic heterocycles. The Morgan fingerprint density at radius 2 is 2.24 bits per heavy atom. The molecular formula is C10H16N2O3S2. The second kappa shape index (κ2) is 4.55. The third kappa shape index (κ3) is 2.31. The highest BCUT2D eigenvalue weighted by atomic mass is 32.2. The molecule has 7 heteroatoms. The van der Waals surface area contributed by atoms with Crippen molar-refractivity contribution in [3.05, 3.63) is 15.4 Å². The number of thiazole rings is 1. The number of hydrogen-bond acceptors (Lipinski definition) is 4. The average molecular weight is 276 g/mol. The molecule has 2 rings (SSSR count). The van der Waals surface area contributed by atoms with Crippen LogP contribution in [0.2, 0.25) is 0 Å². The molecule has 0 radical (unpaired) electrons. The summed E-state index contributed by atoms with van der Waals surface area (Å²) < 4.78 is 26.3. The van der Waals surface area contributed by atoms with Crippen LogP contribution >= 0.6 is 11.3 Å². The van der Waals surface area contributed by atoms with Gasteiger partial charge >= 0.3 is 4.87 Å². The maximum absolute atomic E-state index is 12.3. The lowest BCUT2D eigenvalue weighted by atomic mass is 10.1. The van der Waals surface area contributed by atoms with Crippen LogP contribution in [0.5, 0.6) is 0 Å². The quantitative estimate of drug-likeness (QED) is 0.900. The van der Waals surface area contributed by atoms with Gasteiger partial charge in [-0.05, 0) is 19.3 Å². The van der Waals surface area contributed by atoms with Crippen molar-refractivity contribution >= 4 is 21.4 Å². The molecule has 0 aliphatic carbocycles. The summed E-state index contributed by atoms with van der Waals surface area (Å²) in [5.74, 6) is 0.445. The lowest BCUT2D eigenvalue weighted by molar-refractivity contribution is 0.454. The topological polar surface area (TPSA) is 70.2 Å². The lowest BCUT2D eigenvalue weighted by Crippen LogP contribution is -2.28. The summed E-state index contributed by atoms with van der Waals surface area (Å²) in [6, 6.07) is 0. The van der Waals surface area contributed by atoms with Gasteiger partial charge in [-0.25, -0.2) is 8.42 Å². The zero-order valence-corrected chi connectivity index (χ0v) is 11.5. The van der Waals surface area contributed by atoms with Crippen LogP contribution in [0.15, 0.2) is 9.00 Å². The Labute approximate surface area is 105 Å². The summed E-state index contributed by atoms with van der Waals surface area (Å²) in [5, 5.41) is 0. The van der Waals surface area contributed by atoms with E-state index in [1.807, 2.05) is 0 Å². The van der Waals surface area contributed by atoms with Crippen molar-refractivity contribution in [2.75, 3.05) is 13.1 Å². The predicted octanol–water partition coefficient (Wildman–Crippen LogP) is 1.17. The Balaban J connectivity index is 2.32. The molecule has 0 saturated carbocycles. The first-order valence-electron chi connectivity index (χ1n) is 5.65. The predicted molar refractivity (Wildman–Crippen MR) is 66.8 cm³/mol. The second-order valence-corrected chi connectivity index (χ2v) is 7.47. The Morgan fingerprint density at radius 1 is 1.53 bits per heavy atom. The first-order valence-corrected chi connectivity index (χ1v) is 7.90. The fourth-order valence-corrected chi connectivity index (χ4v) is 5.07. The minimum atomic E-state index is -3.47. The molecule has 0 spiro atoms. The highest BCUT2D eigenvalue weighted by Gasteiger charge is 2.34. The van der Waals surface area contributed by atoms with E-state index in [1.165, 1.54) is 4.31 Å². The highest BCUT2D eigenvalue weighted by molar-refractivity contribution is 7.91. The van der Waals surface area contributed by atoms with E-state index in [-0.39, 0.29) is 9.08 Å². The van der Waals surface area contributed by atoms with Gasteiger partial charge in [-0.1, -0.05) is 24.7 Å². The van der Waals surface area contributed by atoms with Gasteiger partial charge in [-0.2, -0.15) is 4.31 Å². The van der Waals surface area contributed by atoms with Crippen LogP contribution in [-0.2, 0) is 10.0 Å². The molecule has 1 fully saturated rings. The van der Waals surface area contributed by atoms with Gasteiger partial charge in [0.05, 0.1) is 0 Å². The van der Waals surface area contributed by atoms with Gasteiger partial charge in [-0.15, -0.1) is 0 Å². The smallest absolute Gasteiger partial charge is 0.305 e. The van der Waals surface area contributed by atoms with Crippen LogP contribution in [0.3, 0.4) is 0 Å². The summed E-state index contributed by atoms with van der Waals surface area (Å²) in [4.78, 5) is 13.4. The minimum absolute atomic E-state index is 0.166. The van der Waals surface area contributed by atoms with Gasteiger partial charge in [0.15, 0.2) is 4.21 Å². The summed E-state index contributed by atoms with van der Waals surface area (Å²) in [6.45, 7) is 4.83. The van der Waals surface area contributed by atoms with Crippen molar-refractivity contribution in [2.45, 2.75) is 30.9 Å². The molecule has 1 N–H and O–H groups in total. The van der Waals surface area contributed by atoms with Crippen molar-refractivity contribution < 1.29 is 8.42 Å². The third-order valence-corrected chi connectivity index (χ3v) is 6.63. The molecule has 1 aliphatic rings. The zero-order valence-electron chi connectivity index (χ0n) is 9.89. The van der Waals surface area contributed by atoms with E-state index in [9.17, 15) is 13.2 Å². The Hall–Kier alpha value is -0.660. The van der Waals surface area contributed by atoms with Gasteiger partial charge in [-0.3, -0.25) is 4.79 Å². The summed E-state index contributed by atoms with van der Waals surface area (Å²) >= 11 is 0.776. The zero-order chi connectivity index (χ0) is 12.6. The normalized spacial score (nSPS) is 22.1. The number of aromatic nitrogens is 1. The molecule has 1 aromatic heterocycles. The summed E-state index contributed by atoms with van der Waals surface area (Å²) in [5.41, 5.74) is 0.444. The summed E-state index contributed by atoms with van der Waals surface area (Å²) in [7, 11) is -3.47. The molecule has 2 heterocycles. The van der Waals surface area contributed by atoms with Gasteiger partial charge < -0.3 is 4.98 Å². The number of rotatable bonds is 3. The largest absolute Gasteiger partial charge is 0.315 e. The fourth-order valence-electron chi connectivity index (χ4n) is 2.10. The Bertz CT molecular complexity index is 558. The van der Waals surface area contributed by atoms with Crippen molar-refractivity contribution in [1.82, 2.24) is 9.29 Å². The SMILES string of the molecule is CCC1CCN(S(=O)(=O)c2sc(=O)[nH]c2C)C1. The van der Waals surface area contributed by atoms with Crippen LogP contribution in [0, 0.1) is 12.8 Å². The maximum atomic E-state index is 12.3. The first kappa shape index (κ1) is 12.8. The molecule has 17 heavy (non-hydrogen) atoms. The van der Waals surface area contributed by atoms with E-state index in [2.05, 4.69) is 11.9 Å². The second-order valence-electron chi connectivity index (χ2n) is 4.35. The number of aryl methyl sites for hydroxylation is 1. The van der Waals surface area contributed by atoms with Crippen LogP contribution in [0.4, 0.5) is 0 Å². The van der Waals surface area contributed by atoms with Gasteiger partial charge in [0.2, 0.25) is 0 Å². The molecule has 1 unspecified atom stereocenters. The van der Waals surface area contributed by atoms with Gasteiger partial charge in [0.25, 0.3) is 10.0 Å². The van der Waals surface area contributed by atoms with Gasteiger partial charge in [0, 0.05) is 18.8 Å². The van der Waals surface area contributed by atoms with Crippen LogP contribution in [0.25, 0.3) is 0 Å². The third-order valence-electron chi connectivity index (χ3n) is 3.18. The van der Waals surface area contributed by atoms with E-state index in [0.717, 1.165) is 24.2 Å². The van der Waals surface area contributed by atoms with Gasteiger partial charge in [0.1, 0.15) is 0 Å². The van der Waals surface area contributed by atoms with E-state index >= 15 is 0 Å². The summed E-state index contributed by atoms with van der Waals surface area (Å²) in [6.07, 6.45) is 1.91. The molecule has 1 aromatic rings.